The first-order valence-electron chi connectivity index (χ1n) is 11.7. The Labute approximate surface area is 203 Å². The maximum Gasteiger partial charge on any atom is 0.169 e. The molecule has 0 atom stereocenters. The lowest BCUT2D eigenvalue weighted by Gasteiger charge is -2.49. The molecule has 0 spiro atoms. The van der Waals surface area contributed by atoms with E-state index in [-0.39, 0.29) is 0 Å². The van der Waals surface area contributed by atoms with E-state index in [1.807, 2.05) is 62.4 Å². The minimum absolute atomic E-state index is 0.511. The second-order valence-corrected chi connectivity index (χ2v) is 9.87. The fourth-order valence-electron chi connectivity index (χ4n) is 5.47. The highest BCUT2D eigenvalue weighted by molar-refractivity contribution is 5.98. The molecule has 7 nitrogen and oxygen atoms in total. The highest BCUT2D eigenvalue weighted by Gasteiger charge is 2.49. The van der Waals surface area contributed by atoms with Crippen LogP contribution in [0.3, 0.4) is 0 Å². The highest BCUT2D eigenvalue weighted by atomic mass is 16.5. The Hall–Kier alpha value is -3.81. The number of aryl methyl sites for hydroxylation is 1. The number of pyridine rings is 1. The summed E-state index contributed by atoms with van der Waals surface area (Å²) in [5, 5.41) is 15.7. The molecule has 7 heteroatoms. The van der Waals surface area contributed by atoms with Gasteiger partial charge < -0.3 is 15.6 Å². The highest BCUT2D eigenvalue weighted by Crippen LogP contribution is 2.47. The number of hydrogen-bond acceptors (Lipinski definition) is 6. The monoisotopic (exact) mass is 465 g/mol. The number of nitrogens with two attached hydrogens (primary N) is 1. The Morgan fingerprint density at radius 2 is 1.74 bits per heavy atom. The van der Waals surface area contributed by atoms with Crippen molar-refractivity contribution in [3.05, 3.63) is 78.1 Å². The summed E-state index contributed by atoms with van der Waals surface area (Å²) >= 11 is 0. The molecule has 6 rings (SSSR count). The van der Waals surface area contributed by atoms with Crippen LogP contribution < -0.4 is 10.5 Å². The summed E-state index contributed by atoms with van der Waals surface area (Å²) in [7, 11) is 1.67. The van der Waals surface area contributed by atoms with Gasteiger partial charge in [-0.3, -0.25) is 0 Å². The molecule has 1 aliphatic carbocycles. The van der Waals surface area contributed by atoms with E-state index < -0.39 is 11.1 Å². The van der Waals surface area contributed by atoms with Crippen LogP contribution in [0.5, 0.6) is 5.75 Å². The second-order valence-electron chi connectivity index (χ2n) is 9.87. The normalized spacial score (nSPS) is 21.9. The van der Waals surface area contributed by atoms with Gasteiger partial charge in [0.25, 0.3) is 0 Å². The summed E-state index contributed by atoms with van der Waals surface area (Å²) in [5.41, 5.74) is 12.3. The molecule has 0 radical (unpaired) electrons. The average Bonchev–Trinajstić information content (AvgIpc) is 3.23. The first kappa shape index (κ1) is 21.7. The van der Waals surface area contributed by atoms with Gasteiger partial charge in [0.2, 0.25) is 0 Å². The molecule has 1 fully saturated rings. The Morgan fingerprint density at radius 1 is 1.03 bits per heavy atom. The van der Waals surface area contributed by atoms with E-state index in [0.717, 1.165) is 44.7 Å². The molecule has 2 aromatic carbocycles. The van der Waals surface area contributed by atoms with Gasteiger partial charge in [0.05, 0.1) is 35.0 Å². The molecule has 0 bridgehead atoms. The Morgan fingerprint density at radius 3 is 2.40 bits per heavy atom. The lowest BCUT2D eigenvalue weighted by Crippen LogP contribution is -2.58. The number of hydrogen-bond donors (Lipinski definition) is 2. The van der Waals surface area contributed by atoms with Crippen LogP contribution in [0.1, 0.15) is 31.0 Å². The quantitative estimate of drug-likeness (QED) is 0.402. The van der Waals surface area contributed by atoms with Gasteiger partial charge in [0.1, 0.15) is 5.75 Å². The van der Waals surface area contributed by atoms with E-state index in [2.05, 4.69) is 22.2 Å². The van der Waals surface area contributed by atoms with Crippen molar-refractivity contribution in [2.45, 2.75) is 37.8 Å². The number of fused-ring (bicyclic) bond motifs is 3. The molecule has 3 heterocycles. The molecule has 35 heavy (non-hydrogen) atoms. The molecular weight excluding hydrogens is 438 g/mol. The average molecular weight is 466 g/mol. The topological polar surface area (TPSA) is 98.6 Å². The number of methoxy groups -OCH3 is 1. The molecule has 176 valence electrons. The third kappa shape index (κ3) is 3.47. The zero-order valence-electron chi connectivity index (χ0n) is 20.0. The van der Waals surface area contributed by atoms with Crippen LogP contribution in [0.4, 0.5) is 0 Å². The summed E-state index contributed by atoms with van der Waals surface area (Å²) in [4.78, 5) is 9.72. The number of aliphatic hydroxyl groups is 1. The predicted octanol–water partition coefficient (Wildman–Crippen LogP) is 4.63. The predicted molar refractivity (Wildman–Crippen MR) is 136 cm³/mol. The van der Waals surface area contributed by atoms with E-state index in [4.69, 9.17) is 15.5 Å². The largest absolute Gasteiger partial charge is 0.495 e. The van der Waals surface area contributed by atoms with Crippen molar-refractivity contribution >= 4 is 16.7 Å². The molecule has 5 aromatic rings. The van der Waals surface area contributed by atoms with Crippen LogP contribution >= 0.6 is 0 Å². The van der Waals surface area contributed by atoms with Gasteiger partial charge in [0.15, 0.2) is 11.3 Å². The summed E-state index contributed by atoms with van der Waals surface area (Å²) in [6, 6.07) is 20.2. The van der Waals surface area contributed by atoms with Gasteiger partial charge >= 0.3 is 0 Å². The molecule has 1 saturated carbocycles. The maximum atomic E-state index is 10.2. The zero-order chi connectivity index (χ0) is 24.4. The van der Waals surface area contributed by atoms with Crippen LogP contribution in [-0.2, 0) is 5.54 Å². The Balaban J connectivity index is 1.60. The fourth-order valence-corrected chi connectivity index (χ4v) is 5.47. The van der Waals surface area contributed by atoms with Gasteiger partial charge in [-0.05, 0) is 37.8 Å². The third-order valence-electron chi connectivity index (χ3n) is 6.90. The molecule has 0 aliphatic heterocycles. The van der Waals surface area contributed by atoms with E-state index in [1.54, 1.807) is 17.8 Å². The van der Waals surface area contributed by atoms with Crippen molar-refractivity contribution in [3.8, 4) is 28.1 Å². The Bertz CT molecular complexity index is 1560. The molecule has 0 saturated heterocycles. The minimum Gasteiger partial charge on any atom is -0.495 e. The van der Waals surface area contributed by atoms with Gasteiger partial charge in [-0.2, -0.15) is 9.61 Å². The minimum atomic E-state index is -0.706. The summed E-state index contributed by atoms with van der Waals surface area (Å²) < 4.78 is 7.76. The van der Waals surface area contributed by atoms with E-state index in [1.165, 1.54) is 0 Å². The second kappa shape index (κ2) is 7.60. The lowest BCUT2D eigenvalue weighted by atomic mass is 9.63. The number of ether oxygens (including phenoxy) is 1. The summed E-state index contributed by atoms with van der Waals surface area (Å²) in [5.74, 6) is 0.702. The molecule has 1 aliphatic rings. The fraction of sp³-hybridized carbons (Fsp3) is 0.250. The van der Waals surface area contributed by atoms with Crippen molar-refractivity contribution in [1.82, 2.24) is 19.6 Å². The molecular formula is C28H27N5O2. The van der Waals surface area contributed by atoms with E-state index in [9.17, 15) is 5.11 Å². The number of nitrogens with zero attached hydrogens (tertiary/aromatic N) is 4. The van der Waals surface area contributed by atoms with Crippen LogP contribution in [0.2, 0.25) is 0 Å². The SMILES string of the molecule is COc1c(-c2ccccc2)c(-c2ccc([C@]3(N)C[C@](C)(O)C3)cc2)nc2c1cnc1cc(C)nn12. The van der Waals surface area contributed by atoms with Crippen molar-refractivity contribution in [1.29, 1.82) is 0 Å². The summed E-state index contributed by atoms with van der Waals surface area (Å²) in [6.45, 7) is 3.77. The van der Waals surface area contributed by atoms with Crippen molar-refractivity contribution in [2.75, 3.05) is 7.11 Å². The molecule has 0 amide bonds. The van der Waals surface area contributed by atoms with Gasteiger partial charge in [-0.25, -0.2) is 9.97 Å². The third-order valence-corrected chi connectivity index (χ3v) is 6.90. The molecule has 0 unspecified atom stereocenters. The van der Waals surface area contributed by atoms with Gasteiger partial charge in [0, 0.05) is 23.4 Å². The van der Waals surface area contributed by atoms with Crippen LogP contribution in [0.15, 0.2) is 66.9 Å². The number of aromatic nitrogens is 4. The standard InChI is InChI=1S/C28H27N5O2/c1-17-13-22-30-14-21-25(35-3)23(18-7-5-4-6-8-18)24(31-26(21)33(22)32-17)19-9-11-20(12-10-19)28(29)15-27(2,34)16-28/h4-14,34H,15-16,29H2,1-3H3/t27-,28-. The zero-order valence-corrected chi connectivity index (χ0v) is 20.0. The van der Waals surface area contributed by atoms with E-state index in [0.29, 0.717) is 24.2 Å². The molecule has 3 N–H and O–H groups in total. The van der Waals surface area contributed by atoms with Gasteiger partial charge in [-0.1, -0.05) is 54.6 Å². The van der Waals surface area contributed by atoms with Crippen LogP contribution in [0, 0.1) is 6.92 Å². The van der Waals surface area contributed by atoms with Crippen molar-refractivity contribution in [2.24, 2.45) is 5.73 Å². The first-order valence-corrected chi connectivity index (χ1v) is 11.7. The van der Waals surface area contributed by atoms with Crippen LogP contribution in [0.25, 0.3) is 39.1 Å². The number of benzene rings is 2. The lowest BCUT2D eigenvalue weighted by molar-refractivity contribution is -0.0738. The van der Waals surface area contributed by atoms with E-state index >= 15 is 0 Å². The van der Waals surface area contributed by atoms with Crippen molar-refractivity contribution in [3.63, 3.8) is 0 Å². The van der Waals surface area contributed by atoms with Crippen molar-refractivity contribution < 1.29 is 9.84 Å². The Kier molecular flexibility index (Phi) is 4.71. The maximum absolute atomic E-state index is 10.2. The van der Waals surface area contributed by atoms with Crippen LogP contribution in [-0.4, -0.2) is 37.4 Å². The van der Waals surface area contributed by atoms with Gasteiger partial charge in [-0.15, -0.1) is 0 Å². The smallest absolute Gasteiger partial charge is 0.169 e. The first-order chi connectivity index (χ1) is 16.8. The number of rotatable bonds is 4. The molecule has 3 aromatic heterocycles. The summed E-state index contributed by atoms with van der Waals surface area (Å²) in [6.07, 6.45) is 2.89.